The van der Waals surface area contributed by atoms with Gasteiger partial charge in [0.05, 0.1) is 33.1 Å². The number of benzene rings is 9. The standard InChI is InChI=1S/C54H35N3/c1-4-16-39(17-5-1)55-47-25-13-10-22-42(47)45-34-38(32-33-50(45)55)36-28-30-37(31-29-36)52-53-44-24-12-15-27-49(44)56(40-18-6-2-7-19-40)51(53)35-46-43-23-11-14-26-48(43)57(54(46)52)41-20-8-3-9-21-41/h1-35H. The summed E-state index contributed by atoms with van der Waals surface area (Å²) in [7, 11) is 0. The summed E-state index contributed by atoms with van der Waals surface area (Å²) < 4.78 is 7.29. The second-order valence-electron chi connectivity index (χ2n) is 14.9. The van der Waals surface area contributed by atoms with E-state index in [4.69, 9.17) is 0 Å². The van der Waals surface area contributed by atoms with E-state index in [9.17, 15) is 0 Å². The zero-order chi connectivity index (χ0) is 37.5. The average molecular weight is 726 g/mol. The first-order chi connectivity index (χ1) is 28.3. The van der Waals surface area contributed by atoms with Crippen molar-refractivity contribution in [3.8, 4) is 39.3 Å². The van der Waals surface area contributed by atoms with Gasteiger partial charge in [0.15, 0.2) is 0 Å². The Labute approximate surface area is 329 Å². The van der Waals surface area contributed by atoms with Gasteiger partial charge in [-0.2, -0.15) is 0 Å². The fourth-order valence-electron chi connectivity index (χ4n) is 9.39. The van der Waals surface area contributed by atoms with E-state index in [0.717, 1.165) is 11.4 Å². The van der Waals surface area contributed by atoms with Crippen LogP contribution in [-0.4, -0.2) is 13.7 Å². The molecule has 0 spiro atoms. The monoisotopic (exact) mass is 725 g/mol. The molecule has 0 aliphatic rings. The van der Waals surface area contributed by atoms with Crippen molar-refractivity contribution in [2.24, 2.45) is 0 Å². The molecule has 3 aromatic heterocycles. The van der Waals surface area contributed by atoms with E-state index in [1.165, 1.54) is 93.4 Å². The summed E-state index contributed by atoms with van der Waals surface area (Å²) in [5, 5.41) is 7.48. The van der Waals surface area contributed by atoms with E-state index in [1.807, 2.05) is 0 Å². The van der Waals surface area contributed by atoms with Crippen LogP contribution in [0.2, 0.25) is 0 Å². The molecule has 0 fully saturated rings. The lowest BCUT2D eigenvalue weighted by Crippen LogP contribution is -1.97. The van der Waals surface area contributed by atoms with Gasteiger partial charge >= 0.3 is 0 Å². The lowest BCUT2D eigenvalue weighted by atomic mass is 9.94. The molecule has 0 saturated heterocycles. The summed E-state index contributed by atoms with van der Waals surface area (Å²) in [5.74, 6) is 0. The maximum absolute atomic E-state index is 2.47. The van der Waals surface area contributed by atoms with Crippen LogP contribution in [0.1, 0.15) is 0 Å². The van der Waals surface area contributed by atoms with Crippen molar-refractivity contribution in [2.45, 2.75) is 0 Å². The van der Waals surface area contributed by atoms with Crippen molar-refractivity contribution in [3.63, 3.8) is 0 Å². The summed E-state index contributed by atoms with van der Waals surface area (Å²) >= 11 is 0. The number of nitrogens with zero attached hydrogens (tertiary/aromatic N) is 3. The Bertz CT molecular complexity index is 3470. The number of aromatic nitrogens is 3. The summed E-state index contributed by atoms with van der Waals surface area (Å²) in [6.45, 7) is 0. The highest BCUT2D eigenvalue weighted by atomic mass is 15.0. The normalized spacial score (nSPS) is 11.9. The van der Waals surface area contributed by atoms with Crippen LogP contribution >= 0.6 is 0 Å². The molecule has 9 aromatic carbocycles. The Morgan fingerprint density at radius 2 is 0.667 bits per heavy atom. The number of hydrogen-bond acceptors (Lipinski definition) is 0. The van der Waals surface area contributed by atoms with Crippen LogP contribution in [0.4, 0.5) is 0 Å². The van der Waals surface area contributed by atoms with Gasteiger partial charge < -0.3 is 13.7 Å². The van der Waals surface area contributed by atoms with Crippen LogP contribution in [0, 0.1) is 0 Å². The minimum atomic E-state index is 1.15. The van der Waals surface area contributed by atoms with Crippen molar-refractivity contribution in [1.29, 1.82) is 0 Å². The molecule has 12 aromatic rings. The largest absolute Gasteiger partial charge is 0.309 e. The van der Waals surface area contributed by atoms with Crippen LogP contribution in [-0.2, 0) is 0 Å². The third-order valence-corrected chi connectivity index (χ3v) is 11.8. The predicted molar refractivity (Wildman–Crippen MR) is 240 cm³/mol. The molecule has 0 aliphatic heterocycles. The second-order valence-corrected chi connectivity index (χ2v) is 14.9. The van der Waals surface area contributed by atoms with Gasteiger partial charge in [-0.25, -0.2) is 0 Å². The Kier molecular flexibility index (Phi) is 6.93. The van der Waals surface area contributed by atoms with Crippen molar-refractivity contribution in [2.75, 3.05) is 0 Å². The molecule has 0 saturated carbocycles. The first-order valence-electron chi connectivity index (χ1n) is 19.6. The maximum Gasteiger partial charge on any atom is 0.0627 e. The van der Waals surface area contributed by atoms with Crippen molar-refractivity contribution in [3.05, 3.63) is 212 Å². The average Bonchev–Trinajstić information content (AvgIpc) is 3.92. The van der Waals surface area contributed by atoms with Gasteiger partial charge in [-0.15, -0.1) is 0 Å². The number of hydrogen-bond donors (Lipinski definition) is 0. The first kappa shape index (κ1) is 31.7. The molecule has 0 atom stereocenters. The van der Waals surface area contributed by atoms with E-state index in [0.29, 0.717) is 0 Å². The van der Waals surface area contributed by atoms with Gasteiger partial charge in [-0.3, -0.25) is 0 Å². The van der Waals surface area contributed by atoms with E-state index < -0.39 is 0 Å². The minimum Gasteiger partial charge on any atom is -0.309 e. The molecule has 57 heavy (non-hydrogen) atoms. The highest BCUT2D eigenvalue weighted by Crippen LogP contribution is 2.47. The first-order valence-corrected chi connectivity index (χ1v) is 19.6. The minimum absolute atomic E-state index is 1.15. The van der Waals surface area contributed by atoms with Crippen LogP contribution in [0.5, 0.6) is 0 Å². The Morgan fingerprint density at radius 1 is 0.246 bits per heavy atom. The molecule has 0 unspecified atom stereocenters. The van der Waals surface area contributed by atoms with Crippen LogP contribution in [0.15, 0.2) is 212 Å². The molecule has 3 heterocycles. The SMILES string of the molecule is c1ccc(-n2c3ccccc3c3cc(-c4ccc(-c5c6c7ccccc7n(-c7ccccc7)c6cc6c7ccccc7n(-c7ccccc7)c56)cc4)ccc32)cc1. The molecule has 0 radical (unpaired) electrons. The molecule has 3 heteroatoms. The topological polar surface area (TPSA) is 14.8 Å². The zero-order valence-electron chi connectivity index (χ0n) is 31.0. The van der Waals surface area contributed by atoms with E-state index >= 15 is 0 Å². The summed E-state index contributed by atoms with van der Waals surface area (Å²) in [6, 6.07) is 77.4. The Balaban J connectivity index is 1.13. The quantitative estimate of drug-likeness (QED) is 0.168. The lowest BCUT2D eigenvalue weighted by molar-refractivity contribution is 1.17. The fourth-order valence-corrected chi connectivity index (χ4v) is 9.39. The van der Waals surface area contributed by atoms with Gasteiger partial charge in [-0.1, -0.05) is 140 Å². The smallest absolute Gasteiger partial charge is 0.0627 e. The molecule has 266 valence electrons. The number of fused-ring (bicyclic) bond motifs is 9. The zero-order valence-corrected chi connectivity index (χ0v) is 31.0. The van der Waals surface area contributed by atoms with E-state index in [-0.39, 0.29) is 0 Å². The van der Waals surface area contributed by atoms with Gasteiger partial charge in [-0.05, 0) is 89.5 Å². The summed E-state index contributed by atoms with van der Waals surface area (Å²) in [4.78, 5) is 0. The van der Waals surface area contributed by atoms with Gasteiger partial charge in [0.2, 0.25) is 0 Å². The fraction of sp³-hybridized carbons (Fsp3) is 0. The van der Waals surface area contributed by atoms with Gasteiger partial charge in [0.25, 0.3) is 0 Å². The van der Waals surface area contributed by atoms with Crippen molar-refractivity contribution < 1.29 is 0 Å². The molecule has 0 N–H and O–H groups in total. The summed E-state index contributed by atoms with van der Waals surface area (Å²) in [5.41, 5.74) is 15.5. The molecule has 0 amide bonds. The van der Waals surface area contributed by atoms with Gasteiger partial charge in [0.1, 0.15) is 0 Å². The summed E-state index contributed by atoms with van der Waals surface area (Å²) in [6.07, 6.45) is 0. The highest BCUT2D eigenvalue weighted by molar-refractivity contribution is 6.27. The number of para-hydroxylation sites is 6. The maximum atomic E-state index is 2.47. The van der Waals surface area contributed by atoms with E-state index in [1.54, 1.807) is 0 Å². The molecular formula is C54H35N3. The third kappa shape index (κ3) is 4.73. The predicted octanol–water partition coefficient (Wildman–Crippen LogP) is 14.3. The molecular weight excluding hydrogens is 691 g/mol. The van der Waals surface area contributed by atoms with Crippen molar-refractivity contribution >= 4 is 65.4 Å². The Hall–Kier alpha value is -7.62. The number of rotatable bonds is 5. The molecule has 0 aliphatic carbocycles. The van der Waals surface area contributed by atoms with Crippen LogP contribution < -0.4 is 0 Å². The van der Waals surface area contributed by atoms with E-state index in [2.05, 4.69) is 226 Å². The van der Waals surface area contributed by atoms with Crippen LogP contribution in [0.25, 0.3) is 105 Å². The second kappa shape index (κ2) is 12.5. The Morgan fingerprint density at radius 3 is 1.28 bits per heavy atom. The molecule has 0 bridgehead atoms. The molecule has 3 nitrogen and oxygen atoms in total. The highest BCUT2D eigenvalue weighted by Gasteiger charge is 2.24. The van der Waals surface area contributed by atoms with Crippen molar-refractivity contribution in [1.82, 2.24) is 13.7 Å². The third-order valence-electron chi connectivity index (χ3n) is 11.8. The van der Waals surface area contributed by atoms with Crippen LogP contribution in [0.3, 0.4) is 0 Å². The molecule has 12 rings (SSSR count). The van der Waals surface area contributed by atoms with Gasteiger partial charge in [0, 0.05) is 54.9 Å². The lowest BCUT2D eigenvalue weighted by Gasteiger charge is -2.15.